The number of quaternary nitrogens is 1. The van der Waals surface area contributed by atoms with E-state index in [9.17, 15) is 19.4 Å². The molecule has 0 saturated heterocycles. The van der Waals surface area contributed by atoms with E-state index in [1.165, 1.54) is 109 Å². The van der Waals surface area contributed by atoms with E-state index in [-0.39, 0.29) is 31.8 Å². The number of likely N-dealkylation sites (N-methyl/N-ethyl adjacent to an activating group) is 1. The standard InChI is InChI=1S/C49H99N2O6P/c1-6-8-10-12-14-16-18-20-21-22-23-24-25-26-27-28-29-31-33-35-37-39-41-43-49(53)50-47(46-57-58(54,55)56-45-44-51(3,4)5)48(52)42-40-38-36-34-32-30-19-17-15-13-11-9-7-2/h40,42,47-48,52H,6-39,41,43-46H2,1-5H3,(H-,50,53,54,55)/b42-40+/t47-,48+/m0/s1/i25D2,26D2. The lowest BCUT2D eigenvalue weighted by atomic mass is 10.0. The van der Waals surface area contributed by atoms with E-state index >= 15 is 0 Å². The zero-order valence-electron chi connectivity index (χ0n) is 42.9. The van der Waals surface area contributed by atoms with Gasteiger partial charge in [0.1, 0.15) is 13.2 Å². The van der Waals surface area contributed by atoms with Crippen LogP contribution in [0.25, 0.3) is 0 Å². The van der Waals surface area contributed by atoms with Gasteiger partial charge in [0.25, 0.3) is 7.82 Å². The van der Waals surface area contributed by atoms with Crippen molar-refractivity contribution in [2.75, 3.05) is 40.9 Å². The highest BCUT2D eigenvalue weighted by Gasteiger charge is 2.23. The highest BCUT2D eigenvalue weighted by atomic mass is 31.2. The minimum absolute atomic E-state index is 0.0298. The number of hydrogen-bond donors (Lipinski definition) is 2. The van der Waals surface area contributed by atoms with E-state index in [0.29, 0.717) is 23.9 Å². The lowest BCUT2D eigenvalue weighted by molar-refractivity contribution is -0.870. The lowest BCUT2D eigenvalue weighted by Gasteiger charge is -2.29. The smallest absolute Gasteiger partial charge is 0.268 e. The van der Waals surface area contributed by atoms with Gasteiger partial charge in [-0.1, -0.05) is 231 Å². The summed E-state index contributed by atoms with van der Waals surface area (Å²) in [5, 5.41) is 13.8. The number of aliphatic hydroxyl groups excluding tert-OH is 1. The maximum absolute atomic E-state index is 12.9. The first kappa shape index (κ1) is 49.9. The molecule has 1 unspecified atom stereocenters. The van der Waals surface area contributed by atoms with Gasteiger partial charge in [-0.05, 0) is 19.3 Å². The van der Waals surface area contributed by atoms with E-state index in [1.54, 1.807) is 6.08 Å². The molecule has 0 radical (unpaired) electrons. The van der Waals surface area contributed by atoms with E-state index in [4.69, 9.17) is 14.5 Å². The molecule has 0 aliphatic rings. The second-order valence-electron chi connectivity index (χ2n) is 18.0. The normalized spacial score (nSPS) is 15.8. The quantitative estimate of drug-likeness (QED) is 0.0273. The molecule has 8 nitrogen and oxygen atoms in total. The van der Waals surface area contributed by atoms with E-state index in [1.807, 2.05) is 27.2 Å². The van der Waals surface area contributed by atoms with Gasteiger partial charge in [0.05, 0.1) is 39.9 Å². The Morgan fingerprint density at radius 2 is 1.02 bits per heavy atom. The summed E-state index contributed by atoms with van der Waals surface area (Å²) in [6, 6.07) is -0.939. The number of phosphoric ester groups is 1. The van der Waals surface area contributed by atoms with Crippen molar-refractivity contribution in [2.45, 2.75) is 257 Å². The Balaban J connectivity index is 4.48. The minimum Gasteiger partial charge on any atom is -0.756 e. The summed E-state index contributed by atoms with van der Waals surface area (Å²) in [5.74, 6) is -0.263. The summed E-state index contributed by atoms with van der Waals surface area (Å²) >= 11 is 0. The monoisotopic (exact) mass is 847 g/mol. The van der Waals surface area contributed by atoms with E-state index in [0.717, 1.165) is 77.0 Å². The molecule has 1 amide bonds. The number of nitrogens with zero attached hydrogens (tertiary/aromatic N) is 1. The first-order valence-corrected chi connectivity index (χ1v) is 26.0. The van der Waals surface area contributed by atoms with Gasteiger partial charge in [0, 0.05) is 11.9 Å². The van der Waals surface area contributed by atoms with Gasteiger partial charge in [-0.25, -0.2) is 0 Å². The van der Waals surface area contributed by atoms with Gasteiger partial charge in [-0.15, -0.1) is 0 Å². The number of carbonyl (C=O) groups is 1. The van der Waals surface area contributed by atoms with Crippen LogP contribution in [0.5, 0.6) is 0 Å². The molecule has 0 aromatic heterocycles. The first-order chi connectivity index (χ1) is 29.5. The van der Waals surface area contributed by atoms with Gasteiger partial charge in [-0.2, -0.15) is 0 Å². The van der Waals surface area contributed by atoms with Gasteiger partial charge in [-0.3, -0.25) is 9.36 Å². The van der Waals surface area contributed by atoms with Gasteiger partial charge in [0.15, 0.2) is 0 Å². The summed E-state index contributed by atoms with van der Waals surface area (Å²) in [4.78, 5) is 25.4. The van der Waals surface area contributed by atoms with Crippen molar-refractivity contribution in [3.05, 3.63) is 12.2 Å². The summed E-state index contributed by atoms with van der Waals surface area (Å²) < 4.78 is 57.0. The van der Waals surface area contributed by atoms with Crippen LogP contribution in [0.3, 0.4) is 0 Å². The predicted molar refractivity (Wildman–Crippen MR) is 247 cm³/mol. The Hall–Kier alpha value is -0.760. The fraction of sp³-hybridized carbons (Fsp3) is 0.939. The number of phosphoric acid groups is 1. The van der Waals surface area contributed by atoms with Crippen molar-refractivity contribution in [1.82, 2.24) is 5.32 Å². The fourth-order valence-electron chi connectivity index (χ4n) is 7.05. The molecule has 0 aliphatic heterocycles. The molecule has 0 fully saturated rings. The lowest BCUT2D eigenvalue weighted by Crippen LogP contribution is -2.45. The maximum atomic E-state index is 12.9. The average molecular weight is 847 g/mol. The Kier molecular flexibility index (Phi) is 35.8. The molecule has 2 N–H and O–H groups in total. The van der Waals surface area contributed by atoms with Gasteiger partial charge >= 0.3 is 0 Å². The predicted octanol–water partition coefficient (Wildman–Crippen LogP) is 13.7. The van der Waals surface area contributed by atoms with E-state index < -0.39 is 39.3 Å². The number of aliphatic hydroxyl groups is 1. The van der Waals surface area contributed by atoms with Crippen LogP contribution in [-0.4, -0.2) is 68.5 Å². The Bertz CT molecular complexity index is 1130. The molecule has 3 atom stereocenters. The number of allylic oxidation sites excluding steroid dienone is 1. The summed E-state index contributed by atoms with van der Waals surface area (Å²) in [6.45, 7) is 4.50. The number of hydrogen-bond acceptors (Lipinski definition) is 6. The SMILES string of the molecule is [2H]C([2H])(CCCCCCCCCCCCC)C([2H])([2H])CCCCCCCCCCC(=O)N[C@@H](COP(=O)([O-])OCC[N+](C)(C)C)[C@H](O)/C=C/CCCCCCCCCCCCC. The van der Waals surface area contributed by atoms with Crippen LogP contribution >= 0.6 is 7.82 Å². The zero-order chi connectivity index (χ0) is 46.4. The third-order valence-electron chi connectivity index (χ3n) is 11.0. The molecule has 346 valence electrons. The third kappa shape index (κ3) is 43.3. The molecule has 0 aromatic carbocycles. The van der Waals surface area contributed by atoms with Crippen molar-refractivity contribution in [2.24, 2.45) is 0 Å². The second kappa shape index (κ2) is 41.6. The number of rotatable bonds is 46. The zero-order valence-corrected chi connectivity index (χ0v) is 39.7. The van der Waals surface area contributed by atoms with Crippen molar-refractivity contribution in [3.8, 4) is 0 Å². The maximum Gasteiger partial charge on any atom is 0.268 e. The Labute approximate surface area is 366 Å². The molecule has 0 aromatic rings. The minimum atomic E-state index is -4.63. The van der Waals surface area contributed by atoms with Crippen LogP contribution in [0.2, 0.25) is 0 Å². The molecule has 0 bridgehead atoms. The van der Waals surface area contributed by atoms with Gasteiger partial charge < -0.3 is 28.8 Å². The molecule has 9 heteroatoms. The fourth-order valence-corrected chi connectivity index (χ4v) is 7.77. The first-order valence-electron chi connectivity index (χ1n) is 26.5. The number of carbonyl (C=O) groups excluding carboxylic acids is 1. The molecular weight excluding hydrogens is 744 g/mol. The largest absolute Gasteiger partial charge is 0.756 e. The molecule has 0 spiro atoms. The number of nitrogens with one attached hydrogen (secondary N) is 1. The van der Waals surface area contributed by atoms with Crippen LogP contribution < -0.4 is 10.2 Å². The van der Waals surface area contributed by atoms with Crippen LogP contribution in [0.15, 0.2) is 12.2 Å². The van der Waals surface area contributed by atoms with Crippen LogP contribution in [0.1, 0.15) is 250 Å². The summed E-state index contributed by atoms with van der Waals surface area (Å²) in [7, 11) is 1.16. The van der Waals surface area contributed by atoms with Crippen molar-refractivity contribution >= 4 is 13.7 Å². The average Bonchev–Trinajstić information content (AvgIpc) is 3.20. The van der Waals surface area contributed by atoms with Crippen molar-refractivity contribution in [1.29, 1.82) is 0 Å². The molecule has 0 rings (SSSR count). The number of unbranched alkanes of at least 4 members (excludes halogenated alkanes) is 28. The highest BCUT2D eigenvalue weighted by Crippen LogP contribution is 2.38. The highest BCUT2D eigenvalue weighted by molar-refractivity contribution is 7.45. The van der Waals surface area contributed by atoms with Crippen LogP contribution in [0, 0.1) is 0 Å². The molecule has 0 aliphatic carbocycles. The molecule has 0 saturated carbocycles. The topological polar surface area (TPSA) is 108 Å². The van der Waals surface area contributed by atoms with Crippen molar-refractivity contribution in [3.63, 3.8) is 0 Å². The van der Waals surface area contributed by atoms with Crippen LogP contribution in [-0.2, 0) is 18.4 Å². The van der Waals surface area contributed by atoms with Crippen molar-refractivity contribution < 1.29 is 38.4 Å². The summed E-state index contributed by atoms with van der Waals surface area (Å²) in [6.07, 6.45) is 34.5. The Morgan fingerprint density at radius 1 is 0.638 bits per heavy atom. The van der Waals surface area contributed by atoms with Gasteiger partial charge in [0.2, 0.25) is 5.91 Å². The Morgan fingerprint density at radius 3 is 1.43 bits per heavy atom. The van der Waals surface area contributed by atoms with E-state index in [2.05, 4.69) is 19.2 Å². The summed E-state index contributed by atoms with van der Waals surface area (Å²) in [5.41, 5.74) is 0. The molecule has 0 heterocycles. The molecule has 58 heavy (non-hydrogen) atoms. The van der Waals surface area contributed by atoms with Crippen LogP contribution in [0.4, 0.5) is 0 Å². The molecular formula is C49H99N2O6P. The number of amides is 1. The second-order valence-corrected chi connectivity index (χ2v) is 19.4. The third-order valence-corrected chi connectivity index (χ3v) is 11.9.